The molecule has 1 saturated carbocycles. The van der Waals surface area contributed by atoms with Crippen molar-refractivity contribution >= 4 is 16.9 Å². The van der Waals surface area contributed by atoms with Gasteiger partial charge in [0.05, 0.1) is 12.7 Å². The number of aromatic nitrogens is 1. The monoisotopic (exact) mass is 404 g/mol. The van der Waals surface area contributed by atoms with Crippen molar-refractivity contribution in [1.29, 1.82) is 0 Å². The molecule has 1 aromatic heterocycles. The second-order valence-electron chi connectivity index (χ2n) is 8.80. The Morgan fingerprint density at radius 2 is 2.03 bits per heavy atom. The predicted molar refractivity (Wildman–Crippen MR) is 117 cm³/mol. The average Bonchev–Trinajstić information content (AvgIpc) is 3.46. The number of likely N-dealkylation sites (tertiary alicyclic amines) is 1. The van der Waals surface area contributed by atoms with Gasteiger partial charge in [-0.2, -0.15) is 0 Å². The summed E-state index contributed by atoms with van der Waals surface area (Å²) >= 11 is 0. The largest absolute Gasteiger partial charge is 0.496 e. The second-order valence-corrected chi connectivity index (χ2v) is 8.80. The van der Waals surface area contributed by atoms with Crippen molar-refractivity contribution in [2.24, 2.45) is 11.8 Å². The van der Waals surface area contributed by atoms with E-state index < -0.39 is 5.97 Å². The molecule has 2 aliphatic rings. The van der Waals surface area contributed by atoms with Crippen LogP contribution < -0.4 is 4.74 Å². The zero-order chi connectivity index (χ0) is 20.8. The minimum atomic E-state index is -0.872. The van der Waals surface area contributed by atoms with Crippen molar-refractivity contribution in [3.05, 3.63) is 64.8 Å². The topological polar surface area (TPSA) is 65.6 Å². The summed E-state index contributed by atoms with van der Waals surface area (Å²) in [7, 11) is 1.75. The molecule has 2 heterocycles. The summed E-state index contributed by atoms with van der Waals surface area (Å²) < 4.78 is 5.79. The highest BCUT2D eigenvalue weighted by molar-refractivity contribution is 5.88. The van der Waals surface area contributed by atoms with Crippen LogP contribution in [-0.4, -0.2) is 34.6 Å². The quantitative estimate of drug-likeness (QED) is 0.617. The second kappa shape index (κ2) is 7.47. The first kappa shape index (κ1) is 19.2. The first-order valence-corrected chi connectivity index (χ1v) is 10.8. The van der Waals surface area contributed by atoms with Crippen LogP contribution in [0.3, 0.4) is 0 Å². The summed E-state index contributed by atoms with van der Waals surface area (Å²) in [6, 6.07) is 12.1. The van der Waals surface area contributed by atoms with Crippen molar-refractivity contribution < 1.29 is 14.6 Å². The van der Waals surface area contributed by atoms with E-state index in [0.717, 1.165) is 18.8 Å². The first-order valence-electron chi connectivity index (χ1n) is 10.8. The van der Waals surface area contributed by atoms with Crippen molar-refractivity contribution in [3.63, 3.8) is 0 Å². The molecule has 0 unspecified atom stereocenters. The van der Waals surface area contributed by atoms with Crippen LogP contribution in [0.1, 0.15) is 52.4 Å². The Bertz CT molecular complexity index is 1090. The highest BCUT2D eigenvalue weighted by Gasteiger charge is 2.44. The summed E-state index contributed by atoms with van der Waals surface area (Å²) in [5.74, 6) is 1.42. The Hall–Kier alpha value is -2.79. The van der Waals surface area contributed by atoms with Gasteiger partial charge < -0.3 is 14.8 Å². The average molecular weight is 405 g/mol. The normalized spacial score (nSPS) is 23.7. The SMILES string of the molecule is COc1cc(C)c2[nH]ccc2c1CN1C[C@@H]2CCC[C@@H]2[C@H]1c1ccc(C(=O)O)cc1. The van der Waals surface area contributed by atoms with Crippen LogP contribution in [0, 0.1) is 18.8 Å². The number of hydrogen-bond acceptors (Lipinski definition) is 3. The number of ether oxygens (including phenoxy) is 1. The summed E-state index contributed by atoms with van der Waals surface area (Å²) in [5.41, 5.74) is 5.17. The number of carbonyl (C=O) groups is 1. The van der Waals surface area contributed by atoms with Gasteiger partial charge in [-0.05, 0) is 67.0 Å². The van der Waals surface area contributed by atoms with Crippen LogP contribution in [-0.2, 0) is 6.54 Å². The van der Waals surface area contributed by atoms with Crippen molar-refractivity contribution in [3.8, 4) is 5.75 Å². The standard InChI is InChI=1S/C25H28N2O3/c1-15-12-22(30-2)21(20-10-11-26-23(15)20)14-27-13-18-4-3-5-19(18)24(27)16-6-8-17(9-7-16)25(28)29/h6-12,18-19,24,26H,3-5,13-14H2,1-2H3,(H,28,29)/t18-,19-,24+/m0/s1. The lowest BCUT2D eigenvalue weighted by atomic mass is 9.89. The fourth-order valence-electron chi connectivity index (χ4n) is 5.82. The van der Waals surface area contributed by atoms with Gasteiger partial charge in [-0.1, -0.05) is 18.6 Å². The highest BCUT2D eigenvalue weighted by atomic mass is 16.5. The predicted octanol–water partition coefficient (Wildman–Crippen LogP) is 5.16. The van der Waals surface area contributed by atoms with E-state index in [4.69, 9.17) is 4.74 Å². The molecule has 2 aromatic carbocycles. The molecular formula is C25H28N2O3. The molecule has 30 heavy (non-hydrogen) atoms. The minimum absolute atomic E-state index is 0.320. The van der Waals surface area contributed by atoms with Gasteiger partial charge >= 0.3 is 5.97 Å². The zero-order valence-corrected chi connectivity index (χ0v) is 17.5. The van der Waals surface area contributed by atoms with Crippen LogP contribution in [0.25, 0.3) is 10.9 Å². The molecule has 0 bridgehead atoms. The highest BCUT2D eigenvalue weighted by Crippen LogP contribution is 2.50. The van der Waals surface area contributed by atoms with Gasteiger partial charge in [-0.3, -0.25) is 4.90 Å². The lowest BCUT2D eigenvalue weighted by molar-refractivity contribution is 0.0697. The molecule has 2 fully saturated rings. The smallest absolute Gasteiger partial charge is 0.335 e. The van der Waals surface area contributed by atoms with Gasteiger partial charge in [0.25, 0.3) is 0 Å². The van der Waals surface area contributed by atoms with E-state index >= 15 is 0 Å². The van der Waals surface area contributed by atoms with Gasteiger partial charge in [-0.25, -0.2) is 4.79 Å². The number of nitrogens with one attached hydrogen (secondary N) is 1. The molecule has 0 radical (unpaired) electrons. The molecule has 156 valence electrons. The molecule has 5 nitrogen and oxygen atoms in total. The number of fused-ring (bicyclic) bond motifs is 2. The number of rotatable bonds is 5. The molecule has 0 amide bonds. The van der Waals surface area contributed by atoms with Crippen LogP contribution in [0.2, 0.25) is 0 Å². The van der Waals surface area contributed by atoms with E-state index in [1.807, 2.05) is 18.3 Å². The minimum Gasteiger partial charge on any atom is -0.496 e. The number of H-pyrrole nitrogens is 1. The number of nitrogens with zero attached hydrogens (tertiary/aromatic N) is 1. The zero-order valence-electron chi connectivity index (χ0n) is 17.5. The number of hydrogen-bond donors (Lipinski definition) is 2. The molecule has 0 spiro atoms. The van der Waals surface area contributed by atoms with Gasteiger partial charge in [0.1, 0.15) is 5.75 Å². The van der Waals surface area contributed by atoms with E-state index in [1.54, 1.807) is 19.2 Å². The number of methoxy groups -OCH3 is 1. The lowest BCUT2D eigenvalue weighted by Gasteiger charge is -2.29. The van der Waals surface area contributed by atoms with Crippen LogP contribution in [0.4, 0.5) is 0 Å². The Morgan fingerprint density at radius 3 is 2.77 bits per heavy atom. The van der Waals surface area contributed by atoms with E-state index in [-0.39, 0.29) is 0 Å². The number of carboxylic acid groups (broad SMARTS) is 1. The van der Waals surface area contributed by atoms with Crippen molar-refractivity contribution in [2.45, 2.75) is 38.8 Å². The first-order chi connectivity index (χ1) is 14.6. The third kappa shape index (κ3) is 3.08. The Kier molecular flexibility index (Phi) is 4.78. The van der Waals surface area contributed by atoms with Gasteiger partial charge in [0.15, 0.2) is 0 Å². The van der Waals surface area contributed by atoms with E-state index in [0.29, 0.717) is 23.4 Å². The Morgan fingerprint density at radius 1 is 1.23 bits per heavy atom. The summed E-state index contributed by atoms with van der Waals surface area (Å²) in [5, 5.41) is 10.5. The lowest BCUT2D eigenvalue weighted by Crippen LogP contribution is -2.26. The fraction of sp³-hybridized carbons (Fsp3) is 0.400. The molecule has 1 aliphatic heterocycles. The molecule has 5 rings (SSSR count). The molecule has 1 aliphatic carbocycles. The van der Waals surface area contributed by atoms with Gasteiger partial charge in [-0.15, -0.1) is 0 Å². The molecule has 3 aromatic rings. The van der Waals surface area contributed by atoms with Crippen LogP contribution in [0.5, 0.6) is 5.75 Å². The Balaban J connectivity index is 1.53. The van der Waals surface area contributed by atoms with Crippen LogP contribution >= 0.6 is 0 Å². The number of aryl methyl sites for hydroxylation is 1. The third-order valence-electron chi connectivity index (χ3n) is 7.18. The van der Waals surface area contributed by atoms with Gasteiger partial charge in [0.2, 0.25) is 0 Å². The number of aromatic amines is 1. The van der Waals surface area contributed by atoms with Crippen LogP contribution in [0.15, 0.2) is 42.6 Å². The molecular weight excluding hydrogens is 376 g/mol. The van der Waals surface area contributed by atoms with Crippen molar-refractivity contribution in [2.75, 3.05) is 13.7 Å². The van der Waals surface area contributed by atoms with Gasteiger partial charge in [0, 0.05) is 41.8 Å². The Labute approximate surface area is 176 Å². The molecule has 1 saturated heterocycles. The maximum Gasteiger partial charge on any atom is 0.335 e. The molecule has 3 atom stereocenters. The summed E-state index contributed by atoms with van der Waals surface area (Å²) in [6.45, 7) is 4.02. The van der Waals surface area contributed by atoms with E-state index in [1.165, 1.54) is 46.9 Å². The maximum absolute atomic E-state index is 11.3. The third-order valence-corrected chi connectivity index (χ3v) is 7.18. The summed E-state index contributed by atoms with van der Waals surface area (Å²) in [4.78, 5) is 17.3. The summed E-state index contributed by atoms with van der Waals surface area (Å²) in [6.07, 6.45) is 5.83. The fourth-order valence-corrected chi connectivity index (χ4v) is 5.82. The van der Waals surface area contributed by atoms with E-state index in [2.05, 4.69) is 28.9 Å². The molecule has 2 N–H and O–H groups in total. The number of carboxylic acids is 1. The van der Waals surface area contributed by atoms with E-state index in [9.17, 15) is 9.90 Å². The number of benzene rings is 2. The van der Waals surface area contributed by atoms with Crippen molar-refractivity contribution in [1.82, 2.24) is 9.88 Å². The molecule has 5 heteroatoms. The maximum atomic E-state index is 11.3. The number of aromatic carboxylic acids is 1.